The number of esters is 1. The Balaban J connectivity index is 2.00. The van der Waals surface area contributed by atoms with Crippen LogP contribution < -0.4 is 5.32 Å². The Bertz CT molecular complexity index is 1040. The molecule has 0 bridgehead atoms. The molecule has 3 aromatic rings. The van der Waals surface area contributed by atoms with Gasteiger partial charge in [-0.25, -0.2) is 4.79 Å². The summed E-state index contributed by atoms with van der Waals surface area (Å²) >= 11 is 5.02. The van der Waals surface area contributed by atoms with Crippen LogP contribution in [-0.4, -0.2) is 24.0 Å². The van der Waals surface area contributed by atoms with Gasteiger partial charge in [0.25, 0.3) is 0 Å². The number of rotatable bonds is 3. The summed E-state index contributed by atoms with van der Waals surface area (Å²) in [4.78, 5) is 29.6. The highest BCUT2D eigenvalue weighted by Crippen LogP contribution is 2.45. The van der Waals surface area contributed by atoms with Crippen LogP contribution in [0.3, 0.4) is 0 Å². The molecule has 0 saturated carbocycles. The number of amides is 1. The van der Waals surface area contributed by atoms with E-state index >= 15 is 0 Å². The van der Waals surface area contributed by atoms with Crippen molar-refractivity contribution in [3.05, 3.63) is 62.6 Å². The van der Waals surface area contributed by atoms with Gasteiger partial charge in [0.15, 0.2) is 0 Å². The molecule has 26 heavy (non-hydrogen) atoms. The van der Waals surface area contributed by atoms with Crippen LogP contribution in [0.1, 0.15) is 33.1 Å². The van der Waals surface area contributed by atoms with Crippen molar-refractivity contribution in [1.82, 2.24) is 4.98 Å². The van der Waals surface area contributed by atoms with Gasteiger partial charge in [0.2, 0.25) is 5.91 Å². The van der Waals surface area contributed by atoms with E-state index in [0.717, 1.165) is 25.6 Å². The summed E-state index contributed by atoms with van der Waals surface area (Å²) in [6, 6.07) is 11.5. The molecule has 5 nitrogen and oxygen atoms in total. The van der Waals surface area contributed by atoms with Gasteiger partial charge in [-0.3, -0.25) is 4.79 Å². The minimum atomic E-state index is -0.568. The number of aromatic amines is 1. The lowest BCUT2D eigenvalue weighted by Crippen LogP contribution is -2.17. The molecule has 0 fully saturated rings. The predicted octanol–water partition coefficient (Wildman–Crippen LogP) is 4.68. The van der Waals surface area contributed by atoms with Crippen LogP contribution in [-0.2, 0) is 9.53 Å². The second-order valence-corrected chi connectivity index (χ2v) is 8.48. The molecule has 0 unspecified atom stereocenters. The maximum Gasteiger partial charge on any atom is 0.340 e. The maximum absolute atomic E-state index is 12.8. The molecule has 2 aromatic heterocycles. The number of halogens is 1. The van der Waals surface area contributed by atoms with Gasteiger partial charge in [-0.05, 0) is 46.6 Å². The maximum atomic E-state index is 12.8. The lowest BCUT2D eigenvalue weighted by Gasteiger charge is -2.12. The number of methoxy groups -OCH3 is 1. The highest BCUT2D eigenvalue weighted by molar-refractivity contribution is 9.11. The van der Waals surface area contributed by atoms with Gasteiger partial charge in [0.1, 0.15) is 0 Å². The fraction of sp³-hybridized carbons (Fsp3) is 0.158. The lowest BCUT2D eigenvalue weighted by atomic mass is 9.88. The van der Waals surface area contributed by atoms with Crippen molar-refractivity contribution in [2.24, 2.45) is 0 Å². The lowest BCUT2D eigenvalue weighted by molar-refractivity contribution is -0.116. The summed E-state index contributed by atoms with van der Waals surface area (Å²) in [6.45, 7) is 1.82. The Morgan fingerprint density at radius 3 is 2.69 bits per heavy atom. The van der Waals surface area contributed by atoms with Crippen molar-refractivity contribution < 1.29 is 14.3 Å². The minimum Gasteiger partial charge on any atom is -0.465 e. The molecule has 0 aliphatic carbocycles. The Morgan fingerprint density at radius 2 is 2.00 bits per heavy atom. The summed E-state index contributed by atoms with van der Waals surface area (Å²) < 4.78 is 5.97. The molecule has 1 atom stereocenters. The number of nitrogens with one attached hydrogen (secondary N) is 2. The van der Waals surface area contributed by atoms with Crippen LogP contribution in [0, 0.1) is 6.92 Å². The second kappa shape index (κ2) is 6.41. The van der Waals surface area contributed by atoms with Crippen molar-refractivity contribution in [3.63, 3.8) is 0 Å². The van der Waals surface area contributed by atoms with Crippen molar-refractivity contribution in [2.75, 3.05) is 12.4 Å². The van der Waals surface area contributed by atoms with E-state index in [-0.39, 0.29) is 5.91 Å². The molecule has 0 spiro atoms. The van der Waals surface area contributed by atoms with Gasteiger partial charge in [-0.2, -0.15) is 0 Å². The van der Waals surface area contributed by atoms with E-state index in [1.54, 1.807) is 0 Å². The molecule has 2 N–H and O–H groups in total. The van der Waals surface area contributed by atoms with Gasteiger partial charge >= 0.3 is 5.97 Å². The molecule has 1 aromatic carbocycles. The molecule has 3 heterocycles. The quantitative estimate of drug-likeness (QED) is 0.592. The number of para-hydroxylation sites is 1. The first-order valence-electron chi connectivity index (χ1n) is 7.97. The Hall–Kier alpha value is -2.38. The molecule has 1 aliphatic rings. The molecule has 0 saturated heterocycles. The number of aromatic nitrogens is 1. The zero-order valence-electron chi connectivity index (χ0n) is 14.1. The first kappa shape index (κ1) is 17.1. The molecule has 7 heteroatoms. The fourth-order valence-electron chi connectivity index (χ4n) is 3.44. The van der Waals surface area contributed by atoms with Gasteiger partial charge in [-0.1, -0.05) is 18.2 Å². The van der Waals surface area contributed by atoms with Crippen LogP contribution in [0.25, 0.3) is 10.6 Å². The number of carbonyl (C=O) groups excluding carboxylic acids is 2. The van der Waals surface area contributed by atoms with Crippen molar-refractivity contribution >= 4 is 44.8 Å². The molecular weight excluding hydrogens is 416 g/mol. The largest absolute Gasteiger partial charge is 0.465 e. The second-order valence-electron chi connectivity index (χ2n) is 6.02. The molecule has 0 radical (unpaired) electrons. The standard InChI is InChI=1S/C19H15BrN2O3S/c1-9-14(19(24)25-2)16(17(21-9)12-7-8-13(20)26-12)15-10-5-3-4-6-11(10)22-18(15)23/h3-8,15,21H,1-2H3,(H,22,23)/t15-/m0/s1. The summed E-state index contributed by atoms with van der Waals surface area (Å²) in [5.74, 6) is -1.17. The number of hydrogen-bond acceptors (Lipinski definition) is 4. The molecular formula is C19H15BrN2O3S. The zero-order chi connectivity index (χ0) is 18.4. The predicted molar refractivity (Wildman–Crippen MR) is 105 cm³/mol. The first-order chi connectivity index (χ1) is 12.5. The van der Waals surface area contributed by atoms with E-state index < -0.39 is 11.9 Å². The van der Waals surface area contributed by atoms with Crippen LogP contribution >= 0.6 is 27.3 Å². The van der Waals surface area contributed by atoms with Crippen LogP contribution in [0.4, 0.5) is 5.69 Å². The highest BCUT2D eigenvalue weighted by atomic mass is 79.9. The average molecular weight is 431 g/mol. The van der Waals surface area contributed by atoms with Gasteiger partial charge in [-0.15, -0.1) is 11.3 Å². The Morgan fingerprint density at radius 1 is 1.23 bits per heavy atom. The Labute approximate surface area is 162 Å². The number of thiophene rings is 1. The number of benzene rings is 1. The smallest absolute Gasteiger partial charge is 0.340 e. The topological polar surface area (TPSA) is 71.2 Å². The zero-order valence-corrected chi connectivity index (χ0v) is 16.5. The van der Waals surface area contributed by atoms with E-state index in [1.165, 1.54) is 18.4 Å². The SMILES string of the molecule is COC(=O)c1c(C)[nH]c(-c2ccc(Br)s2)c1[C@H]1C(=O)Nc2ccccc21. The molecule has 132 valence electrons. The van der Waals surface area contributed by atoms with Crippen molar-refractivity contribution in [2.45, 2.75) is 12.8 Å². The molecule has 1 aliphatic heterocycles. The third kappa shape index (κ3) is 2.59. The van der Waals surface area contributed by atoms with Gasteiger partial charge in [0.05, 0.1) is 32.9 Å². The van der Waals surface area contributed by atoms with Gasteiger partial charge in [0, 0.05) is 16.9 Å². The first-order valence-corrected chi connectivity index (χ1v) is 9.58. The summed E-state index contributed by atoms with van der Waals surface area (Å²) in [5, 5.41) is 2.91. The molecule has 1 amide bonds. The fourth-order valence-corrected chi connectivity index (χ4v) is 4.84. The number of H-pyrrole nitrogens is 1. The highest BCUT2D eigenvalue weighted by Gasteiger charge is 2.38. The van der Waals surface area contributed by atoms with E-state index in [4.69, 9.17) is 4.74 Å². The minimum absolute atomic E-state index is 0.146. The monoisotopic (exact) mass is 430 g/mol. The summed E-state index contributed by atoms with van der Waals surface area (Å²) in [7, 11) is 1.35. The van der Waals surface area contributed by atoms with Crippen molar-refractivity contribution in [3.8, 4) is 10.6 Å². The number of hydrogen-bond donors (Lipinski definition) is 2. The van der Waals surface area contributed by atoms with E-state index in [1.807, 2.05) is 43.3 Å². The van der Waals surface area contributed by atoms with Crippen LogP contribution in [0.15, 0.2) is 40.2 Å². The number of ether oxygens (including phenoxy) is 1. The number of carbonyl (C=O) groups is 2. The van der Waals surface area contributed by atoms with Gasteiger partial charge < -0.3 is 15.0 Å². The normalized spacial score (nSPS) is 15.7. The van der Waals surface area contributed by atoms with Crippen LogP contribution in [0.5, 0.6) is 0 Å². The third-order valence-corrected chi connectivity index (χ3v) is 6.16. The number of aryl methyl sites for hydroxylation is 1. The average Bonchev–Trinajstić information content (AvgIpc) is 3.28. The van der Waals surface area contributed by atoms with E-state index in [9.17, 15) is 9.59 Å². The number of fused-ring (bicyclic) bond motifs is 1. The van der Waals surface area contributed by atoms with E-state index in [2.05, 4.69) is 26.2 Å². The van der Waals surface area contributed by atoms with Crippen molar-refractivity contribution in [1.29, 1.82) is 0 Å². The summed E-state index contributed by atoms with van der Waals surface area (Å²) in [6.07, 6.45) is 0. The summed E-state index contributed by atoms with van der Waals surface area (Å²) in [5.41, 5.74) is 4.17. The third-order valence-electron chi connectivity index (χ3n) is 4.52. The molecule has 4 rings (SSSR count). The van der Waals surface area contributed by atoms with Crippen LogP contribution in [0.2, 0.25) is 0 Å². The Kier molecular flexibility index (Phi) is 4.20. The van der Waals surface area contributed by atoms with E-state index in [0.29, 0.717) is 16.8 Å². The number of anilines is 1.